The summed E-state index contributed by atoms with van der Waals surface area (Å²) in [5, 5.41) is 10.0. The summed E-state index contributed by atoms with van der Waals surface area (Å²) in [6, 6.07) is 9.91. The monoisotopic (exact) mass is 302 g/mol. The summed E-state index contributed by atoms with van der Waals surface area (Å²) in [5.41, 5.74) is 1.15. The number of rotatable bonds is 7. The van der Waals surface area contributed by atoms with E-state index in [1.807, 2.05) is 30.3 Å². The number of benzene rings is 1. The van der Waals surface area contributed by atoms with Gasteiger partial charge in [0.05, 0.1) is 0 Å². The lowest BCUT2D eigenvalue weighted by molar-refractivity contribution is -0.121. The predicted octanol–water partition coefficient (Wildman–Crippen LogP) is 2.59. The van der Waals surface area contributed by atoms with Crippen molar-refractivity contribution in [3.05, 3.63) is 35.9 Å². The van der Waals surface area contributed by atoms with E-state index in [9.17, 15) is 14.6 Å². The average molecular weight is 302 g/mol. The summed E-state index contributed by atoms with van der Waals surface area (Å²) >= 11 is 0. The molecule has 2 atom stereocenters. The van der Waals surface area contributed by atoms with Crippen LogP contribution in [0.25, 0.3) is 0 Å². The third kappa shape index (κ3) is 5.39. The van der Waals surface area contributed by atoms with Gasteiger partial charge in [-0.15, -0.1) is 0 Å². The molecule has 1 aliphatic heterocycles. The van der Waals surface area contributed by atoms with Crippen LogP contribution in [0.1, 0.15) is 44.6 Å². The quantitative estimate of drug-likeness (QED) is 0.786. The minimum absolute atomic E-state index is 0.0644. The fourth-order valence-electron chi connectivity index (χ4n) is 2.92. The van der Waals surface area contributed by atoms with E-state index in [4.69, 9.17) is 4.65 Å². The lowest BCUT2D eigenvalue weighted by atomic mass is 9.64. The van der Waals surface area contributed by atoms with Crippen LogP contribution in [0, 0.1) is 0 Å². The first-order chi connectivity index (χ1) is 10.5. The fraction of sp³-hybridized carbons (Fsp3) is 0.529. The maximum Gasteiger partial charge on any atom is 0.458 e. The molecule has 0 aliphatic carbocycles. The zero-order valence-electron chi connectivity index (χ0n) is 13.0. The Balaban J connectivity index is 1.74. The van der Waals surface area contributed by atoms with Crippen molar-refractivity contribution in [2.24, 2.45) is 0 Å². The molecule has 1 saturated heterocycles. The van der Waals surface area contributed by atoms with Crippen molar-refractivity contribution in [2.75, 3.05) is 0 Å². The van der Waals surface area contributed by atoms with E-state index in [0.29, 0.717) is 19.3 Å². The lowest BCUT2D eigenvalue weighted by Gasteiger charge is -2.30. The molecule has 0 amide bonds. The van der Waals surface area contributed by atoms with Crippen molar-refractivity contribution in [2.45, 2.75) is 57.4 Å². The molecule has 4 nitrogen and oxygen atoms in total. The SMILES string of the molecule is CC(=O)C[C@@H]1CC[C@H](CC(=O)CCc2ccccc2)B(O)O1. The van der Waals surface area contributed by atoms with Crippen LogP contribution >= 0.6 is 0 Å². The number of Topliss-reactive ketones (excluding diaryl/α,β-unsaturated/α-hetero) is 2. The van der Waals surface area contributed by atoms with Crippen LogP contribution in [0.15, 0.2) is 30.3 Å². The number of ketones is 2. The molecule has 118 valence electrons. The van der Waals surface area contributed by atoms with Crippen molar-refractivity contribution >= 4 is 18.7 Å². The molecule has 22 heavy (non-hydrogen) atoms. The van der Waals surface area contributed by atoms with Crippen LogP contribution in [0.2, 0.25) is 5.82 Å². The minimum Gasteiger partial charge on any atom is -0.427 e. The maximum atomic E-state index is 12.1. The highest BCUT2D eigenvalue weighted by molar-refractivity contribution is 6.45. The van der Waals surface area contributed by atoms with Crippen molar-refractivity contribution in [3.63, 3.8) is 0 Å². The van der Waals surface area contributed by atoms with E-state index in [-0.39, 0.29) is 23.5 Å². The Morgan fingerprint density at radius 3 is 2.59 bits per heavy atom. The van der Waals surface area contributed by atoms with Crippen LogP contribution in [-0.4, -0.2) is 29.8 Å². The molecule has 0 bridgehead atoms. The molecule has 1 heterocycles. The first-order valence-corrected chi connectivity index (χ1v) is 7.93. The van der Waals surface area contributed by atoms with Gasteiger partial charge < -0.3 is 9.68 Å². The van der Waals surface area contributed by atoms with Gasteiger partial charge in [-0.3, -0.25) is 9.59 Å². The number of carbonyl (C=O) groups is 2. The third-order valence-electron chi connectivity index (χ3n) is 4.13. The highest BCUT2D eigenvalue weighted by Crippen LogP contribution is 2.31. The van der Waals surface area contributed by atoms with Crippen LogP contribution in [0.4, 0.5) is 0 Å². The molecule has 2 rings (SSSR count). The Hall–Kier alpha value is -1.46. The van der Waals surface area contributed by atoms with Crippen molar-refractivity contribution < 1.29 is 19.3 Å². The summed E-state index contributed by atoms with van der Waals surface area (Å²) in [6.07, 6.45) is 3.17. The van der Waals surface area contributed by atoms with Gasteiger partial charge in [-0.25, -0.2) is 0 Å². The number of hydrogen-bond acceptors (Lipinski definition) is 4. The van der Waals surface area contributed by atoms with E-state index in [2.05, 4.69) is 0 Å². The van der Waals surface area contributed by atoms with Gasteiger partial charge in [0, 0.05) is 31.2 Å². The van der Waals surface area contributed by atoms with Gasteiger partial charge in [-0.05, 0) is 31.7 Å². The second kappa shape index (κ2) is 8.25. The van der Waals surface area contributed by atoms with Crippen LogP contribution < -0.4 is 0 Å². The fourth-order valence-corrected chi connectivity index (χ4v) is 2.92. The van der Waals surface area contributed by atoms with Crippen molar-refractivity contribution in [1.29, 1.82) is 0 Å². The van der Waals surface area contributed by atoms with Gasteiger partial charge in [-0.2, -0.15) is 0 Å². The highest BCUT2D eigenvalue weighted by atomic mass is 16.5. The third-order valence-corrected chi connectivity index (χ3v) is 4.13. The number of aryl methyl sites for hydroxylation is 1. The standard InChI is InChI=1S/C17H23BO4/c1-13(19)11-17-10-8-15(18(21)22-17)12-16(20)9-7-14-5-3-2-4-6-14/h2-6,15,17,21H,7-12H2,1H3/t15-,17+/m1/s1. The van der Waals surface area contributed by atoms with E-state index < -0.39 is 7.12 Å². The molecule has 5 heteroatoms. The zero-order valence-corrected chi connectivity index (χ0v) is 13.0. The van der Waals surface area contributed by atoms with Crippen LogP contribution in [0.3, 0.4) is 0 Å². The normalized spacial score (nSPS) is 21.6. The molecule has 0 aromatic heterocycles. The Morgan fingerprint density at radius 1 is 1.23 bits per heavy atom. The second-order valence-corrected chi connectivity index (χ2v) is 6.12. The highest BCUT2D eigenvalue weighted by Gasteiger charge is 2.36. The Bertz CT molecular complexity index is 503. The van der Waals surface area contributed by atoms with Gasteiger partial charge >= 0.3 is 7.12 Å². The summed E-state index contributed by atoms with van der Waals surface area (Å²) in [6.45, 7) is 1.52. The van der Waals surface area contributed by atoms with Crippen molar-refractivity contribution in [3.8, 4) is 0 Å². The Labute approximate surface area is 132 Å². The molecule has 1 aliphatic rings. The topological polar surface area (TPSA) is 63.6 Å². The maximum absolute atomic E-state index is 12.1. The molecular weight excluding hydrogens is 279 g/mol. The largest absolute Gasteiger partial charge is 0.458 e. The van der Waals surface area contributed by atoms with Gasteiger partial charge in [0.25, 0.3) is 0 Å². The summed E-state index contributed by atoms with van der Waals surface area (Å²) in [4.78, 5) is 23.2. The first kappa shape index (κ1) is 16.9. The van der Waals surface area contributed by atoms with Gasteiger partial charge in [0.2, 0.25) is 0 Å². The zero-order chi connectivity index (χ0) is 15.9. The van der Waals surface area contributed by atoms with E-state index in [0.717, 1.165) is 24.8 Å². The van der Waals surface area contributed by atoms with E-state index in [1.54, 1.807) is 0 Å². The number of hydrogen-bond donors (Lipinski definition) is 1. The summed E-state index contributed by atoms with van der Waals surface area (Å²) in [5.74, 6) is 0.0718. The molecule has 0 radical (unpaired) electrons. The summed E-state index contributed by atoms with van der Waals surface area (Å²) in [7, 11) is -0.932. The Morgan fingerprint density at radius 2 is 1.95 bits per heavy atom. The van der Waals surface area contributed by atoms with E-state index in [1.165, 1.54) is 6.92 Å². The predicted molar refractivity (Wildman–Crippen MR) is 85.5 cm³/mol. The molecule has 0 spiro atoms. The molecule has 1 aromatic carbocycles. The lowest BCUT2D eigenvalue weighted by Crippen LogP contribution is -2.37. The molecule has 1 fully saturated rings. The molecule has 0 unspecified atom stereocenters. The molecule has 0 saturated carbocycles. The first-order valence-electron chi connectivity index (χ1n) is 7.93. The van der Waals surface area contributed by atoms with Gasteiger partial charge in [-0.1, -0.05) is 30.3 Å². The molecular formula is C17H23BO4. The van der Waals surface area contributed by atoms with Gasteiger partial charge in [0.15, 0.2) is 0 Å². The van der Waals surface area contributed by atoms with E-state index >= 15 is 0 Å². The van der Waals surface area contributed by atoms with Gasteiger partial charge in [0.1, 0.15) is 11.6 Å². The van der Waals surface area contributed by atoms with Crippen LogP contribution in [-0.2, 0) is 20.7 Å². The second-order valence-electron chi connectivity index (χ2n) is 6.12. The molecule has 1 N–H and O–H groups in total. The minimum atomic E-state index is -0.932. The number of carbonyl (C=O) groups excluding carboxylic acids is 2. The van der Waals surface area contributed by atoms with Crippen molar-refractivity contribution in [1.82, 2.24) is 0 Å². The molecule has 1 aromatic rings. The smallest absolute Gasteiger partial charge is 0.427 e. The Kier molecular flexibility index (Phi) is 6.34. The average Bonchev–Trinajstić information content (AvgIpc) is 2.48. The summed E-state index contributed by atoms with van der Waals surface area (Å²) < 4.78 is 5.46. The van der Waals surface area contributed by atoms with Crippen LogP contribution in [0.5, 0.6) is 0 Å².